The number of benzene rings is 1. The number of fused-ring (bicyclic) bond motifs is 1. The van der Waals surface area contributed by atoms with Crippen molar-refractivity contribution in [3.05, 3.63) is 35.4 Å². The number of ketones is 2. The van der Waals surface area contributed by atoms with Gasteiger partial charge in [-0.3, -0.25) is 15.0 Å². The van der Waals surface area contributed by atoms with E-state index in [-0.39, 0.29) is 17.6 Å². The maximum absolute atomic E-state index is 12.4. The van der Waals surface area contributed by atoms with Crippen LogP contribution < -0.4 is 10.9 Å². The number of hydrazine groups is 1. The summed E-state index contributed by atoms with van der Waals surface area (Å²) in [5.41, 5.74) is 8.20. The maximum atomic E-state index is 12.4. The minimum absolute atomic E-state index is 0.0585. The van der Waals surface area contributed by atoms with E-state index in [2.05, 4.69) is 10.9 Å². The first-order chi connectivity index (χ1) is 10.6. The standard InChI is InChI=1S/C18H24N2O2/c1-12-5-4-6-13(11-12)16(21)9-10-17(22)18-14-7-2-3-8-15(14)19-20-18/h4-6,11,14-15,18-20H,2-3,7-10H2,1H3. The Morgan fingerprint density at radius 3 is 2.77 bits per heavy atom. The van der Waals surface area contributed by atoms with Gasteiger partial charge in [-0.05, 0) is 31.7 Å². The Balaban J connectivity index is 1.55. The Hall–Kier alpha value is -1.52. The Bertz CT molecular complexity index is 570. The number of aryl methyl sites for hydroxylation is 1. The maximum Gasteiger partial charge on any atom is 0.163 e. The Morgan fingerprint density at radius 1 is 1.14 bits per heavy atom. The molecule has 2 aliphatic rings. The second-order valence-corrected chi connectivity index (χ2v) is 6.58. The zero-order valence-corrected chi connectivity index (χ0v) is 13.1. The highest BCUT2D eigenvalue weighted by atomic mass is 16.1. The van der Waals surface area contributed by atoms with Crippen molar-refractivity contribution < 1.29 is 9.59 Å². The van der Waals surface area contributed by atoms with E-state index in [0.717, 1.165) is 18.4 Å². The molecule has 3 rings (SSSR count). The molecule has 0 spiro atoms. The van der Waals surface area contributed by atoms with Gasteiger partial charge < -0.3 is 0 Å². The number of nitrogens with one attached hydrogen (secondary N) is 2. The lowest BCUT2D eigenvalue weighted by Crippen LogP contribution is -2.38. The normalized spacial score (nSPS) is 27.4. The van der Waals surface area contributed by atoms with Crippen LogP contribution in [0.3, 0.4) is 0 Å². The van der Waals surface area contributed by atoms with Crippen LogP contribution in [0.25, 0.3) is 0 Å². The third-order valence-electron chi connectivity index (χ3n) is 4.96. The molecule has 1 aromatic rings. The van der Waals surface area contributed by atoms with E-state index in [1.807, 2.05) is 31.2 Å². The molecule has 3 atom stereocenters. The highest BCUT2D eigenvalue weighted by Gasteiger charge is 2.40. The molecular formula is C18H24N2O2. The van der Waals surface area contributed by atoms with Gasteiger partial charge in [0.15, 0.2) is 11.6 Å². The van der Waals surface area contributed by atoms with Crippen molar-refractivity contribution in [3.8, 4) is 0 Å². The predicted molar refractivity (Wildman–Crippen MR) is 85.6 cm³/mol. The Kier molecular flexibility index (Phi) is 4.69. The molecule has 1 heterocycles. The van der Waals surface area contributed by atoms with Crippen LogP contribution in [-0.4, -0.2) is 23.7 Å². The van der Waals surface area contributed by atoms with Gasteiger partial charge in [0.2, 0.25) is 0 Å². The molecule has 4 nitrogen and oxygen atoms in total. The fraction of sp³-hybridized carbons (Fsp3) is 0.556. The SMILES string of the molecule is Cc1cccc(C(=O)CCC(=O)C2NNC3CCCCC32)c1. The quantitative estimate of drug-likeness (QED) is 0.821. The van der Waals surface area contributed by atoms with Crippen LogP contribution in [0.4, 0.5) is 0 Å². The van der Waals surface area contributed by atoms with Gasteiger partial charge in [-0.1, -0.05) is 36.6 Å². The zero-order valence-electron chi connectivity index (χ0n) is 13.1. The molecule has 3 unspecified atom stereocenters. The smallest absolute Gasteiger partial charge is 0.163 e. The molecule has 4 heteroatoms. The average Bonchev–Trinajstić information content (AvgIpc) is 2.96. The molecule has 1 aliphatic carbocycles. The summed E-state index contributed by atoms with van der Waals surface area (Å²) in [4.78, 5) is 24.7. The van der Waals surface area contributed by atoms with Crippen molar-refractivity contribution in [3.63, 3.8) is 0 Å². The number of carbonyl (C=O) groups excluding carboxylic acids is 2. The van der Waals surface area contributed by atoms with Crippen LogP contribution in [0, 0.1) is 12.8 Å². The lowest BCUT2D eigenvalue weighted by atomic mass is 9.80. The van der Waals surface area contributed by atoms with Gasteiger partial charge in [-0.25, -0.2) is 5.43 Å². The van der Waals surface area contributed by atoms with Crippen molar-refractivity contribution in [2.24, 2.45) is 5.92 Å². The Labute approximate surface area is 131 Å². The molecule has 1 aliphatic heterocycles. The van der Waals surface area contributed by atoms with Gasteiger partial charge in [0.25, 0.3) is 0 Å². The van der Waals surface area contributed by atoms with Crippen molar-refractivity contribution in [2.45, 2.75) is 57.5 Å². The summed E-state index contributed by atoms with van der Waals surface area (Å²) in [7, 11) is 0. The molecule has 22 heavy (non-hydrogen) atoms. The van der Waals surface area contributed by atoms with E-state index >= 15 is 0 Å². The number of rotatable bonds is 5. The highest BCUT2D eigenvalue weighted by Crippen LogP contribution is 2.31. The summed E-state index contributed by atoms with van der Waals surface area (Å²) < 4.78 is 0. The monoisotopic (exact) mass is 300 g/mol. The zero-order chi connectivity index (χ0) is 15.5. The second-order valence-electron chi connectivity index (χ2n) is 6.58. The van der Waals surface area contributed by atoms with Gasteiger partial charge in [0.05, 0.1) is 6.04 Å². The molecule has 0 aromatic heterocycles. The van der Waals surface area contributed by atoms with Crippen LogP contribution in [0.2, 0.25) is 0 Å². The fourth-order valence-corrected chi connectivity index (χ4v) is 3.72. The van der Waals surface area contributed by atoms with Gasteiger partial charge >= 0.3 is 0 Å². The third kappa shape index (κ3) is 3.28. The first kappa shape index (κ1) is 15.4. The largest absolute Gasteiger partial charge is 0.298 e. The third-order valence-corrected chi connectivity index (χ3v) is 4.96. The summed E-state index contributed by atoms with van der Waals surface area (Å²) >= 11 is 0. The topological polar surface area (TPSA) is 58.2 Å². The fourth-order valence-electron chi connectivity index (χ4n) is 3.72. The van der Waals surface area contributed by atoms with Gasteiger partial charge in [0, 0.05) is 24.4 Å². The number of carbonyl (C=O) groups is 2. The van der Waals surface area contributed by atoms with Crippen LogP contribution in [0.1, 0.15) is 54.4 Å². The minimum atomic E-state index is -0.115. The van der Waals surface area contributed by atoms with Crippen molar-refractivity contribution in [1.29, 1.82) is 0 Å². The van der Waals surface area contributed by atoms with Gasteiger partial charge in [-0.2, -0.15) is 0 Å². The van der Waals surface area contributed by atoms with Crippen molar-refractivity contribution in [2.75, 3.05) is 0 Å². The van der Waals surface area contributed by atoms with E-state index in [4.69, 9.17) is 0 Å². The lowest BCUT2D eigenvalue weighted by Gasteiger charge is -2.26. The number of hydrogen-bond donors (Lipinski definition) is 2. The van der Waals surface area contributed by atoms with Crippen LogP contribution >= 0.6 is 0 Å². The molecule has 1 aromatic carbocycles. The molecule has 0 bridgehead atoms. The molecule has 0 radical (unpaired) electrons. The molecule has 1 saturated heterocycles. The highest BCUT2D eigenvalue weighted by molar-refractivity contribution is 5.99. The molecule has 0 amide bonds. The molecule has 1 saturated carbocycles. The predicted octanol–water partition coefficient (Wildman–Crippen LogP) is 2.56. The van der Waals surface area contributed by atoms with Gasteiger partial charge in [0.1, 0.15) is 0 Å². The summed E-state index contributed by atoms with van der Waals surface area (Å²) in [5, 5.41) is 0. The first-order valence-electron chi connectivity index (χ1n) is 8.29. The van der Waals surface area contributed by atoms with Gasteiger partial charge in [-0.15, -0.1) is 0 Å². The number of hydrogen-bond acceptors (Lipinski definition) is 4. The minimum Gasteiger partial charge on any atom is -0.298 e. The van der Waals surface area contributed by atoms with Crippen LogP contribution in [0.15, 0.2) is 24.3 Å². The lowest BCUT2D eigenvalue weighted by molar-refractivity contribution is -0.121. The van der Waals surface area contributed by atoms with Crippen molar-refractivity contribution >= 4 is 11.6 Å². The summed E-state index contributed by atoms with van der Waals surface area (Å²) in [6.07, 6.45) is 5.32. The summed E-state index contributed by atoms with van der Waals surface area (Å²) in [5.74, 6) is 0.626. The van der Waals surface area contributed by atoms with E-state index < -0.39 is 0 Å². The first-order valence-corrected chi connectivity index (χ1v) is 8.29. The molecular weight excluding hydrogens is 276 g/mol. The molecule has 2 fully saturated rings. The second kappa shape index (κ2) is 6.71. The van der Waals surface area contributed by atoms with E-state index in [0.29, 0.717) is 30.4 Å². The van der Waals surface area contributed by atoms with Crippen LogP contribution in [0.5, 0.6) is 0 Å². The summed E-state index contributed by atoms with van der Waals surface area (Å²) in [6, 6.07) is 7.88. The van der Waals surface area contributed by atoms with E-state index in [1.54, 1.807) is 0 Å². The summed E-state index contributed by atoms with van der Waals surface area (Å²) in [6.45, 7) is 1.97. The Morgan fingerprint density at radius 2 is 1.95 bits per heavy atom. The average molecular weight is 300 g/mol. The van der Waals surface area contributed by atoms with E-state index in [1.165, 1.54) is 12.8 Å². The number of Topliss-reactive ketones (excluding diaryl/α,β-unsaturated/α-hetero) is 2. The van der Waals surface area contributed by atoms with Crippen molar-refractivity contribution in [1.82, 2.24) is 10.9 Å². The molecule has 2 N–H and O–H groups in total. The molecule has 118 valence electrons. The van der Waals surface area contributed by atoms with Crippen LogP contribution in [-0.2, 0) is 4.79 Å². The van der Waals surface area contributed by atoms with E-state index in [9.17, 15) is 9.59 Å².